The van der Waals surface area contributed by atoms with Crippen molar-refractivity contribution in [1.29, 1.82) is 0 Å². The molecule has 13 heteroatoms. The van der Waals surface area contributed by atoms with Crippen molar-refractivity contribution >= 4 is 50.7 Å². The molecule has 0 saturated carbocycles. The molecule has 0 heterocycles. The number of hydrogen-bond acceptors (Lipinski definition) is 4. The third kappa shape index (κ3) is 8.60. The standard InChI is InChI=1S/C33H30Cl2F3N3O4S/c1-2-39-32(43)30(19-23-10-5-3-6-11-23)40(21-24-12-9-13-26(34)18-24)31(42)22-41(46(44,45)27-14-7-4-8-15-27)29-20-25(33(36,37)38)16-17-28(29)35/h3-18,20,30H,2,19,21-22H2,1H3,(H,39,43)/t30-/m0/s1. The number of nitrogens with zero attached hydrogens (tertiary/aromatic N) is 2. The second-order valence-electron chi connectivity index (χ2n) is 10.2. The number of nitrogens with one attached hydrogen (secondary N) is 1. The van der Waals surface area contributed by atoms with Gasteiger partial charge >= 0.3 is 6.18 Å². The van der Waals surface area contributed by atoms with Gasteiger partial charge < -0.3 is 10.2 Å². The third-order valence-corrected chi connectivity index (χ3v) is 9.34. The molecule has 0 aliphatic carbocycles. The first-order chi connectivity index (χ1) is 21.8. The minimum absolute atomic E-state index is 0.0642. The zero-order valence-electron chi connectivity index (χ0n) is 24.5. The minimum Gasteiger partial charge on any atom is -0.355 e. The van der Waals surface area contributed by atoms with Crippen LogP contribution in [-0.4, -0.2) is 44.3 Å². The Morgan fingerprint density at radius 2 is 1.48 bits per heavy atom. The van der Waals surface area contributed by atoms with E-state index in [0.29, 0.717) is 21.0 Å². The summed E-state index contributed by atoms with van der Waals surface area (Å²) < 4.78 is 69.9. The molecule has 242 valence electrons. The lowest BCUT2D eigenvalue weighted by molar-refractivity contribution is -0.140. The summed E-state index contributed by atoms with van der Waals surface area (Å²) in [6.07, 6.45) is -4.77. The Hall–Kier alpha value is -4.06. The number of rotatable bonds is 12. The molecule has 7 nitrogen and oxygen atoms in total. The first-order valence-electron chi connectivity index (χ1n) is 14.1. The lowest BCUT2D eigenvalue weighted by Gasteiger charge is -2.34. The number of amides is 2. The van der Waals surface area contributed by atoms with Crippen molar-refractivity contribution in [3.63, 3.8) is 0 Å². The van der Waals surface area contributed by atoms with E-state index in [9.17, 15) is 31.2 Å². The number of carbonyl (C=O) groups is 2. The monoisotopic (exact) mass is 691 g/mol. The van der Waals surface area contributed by atoms with Gasteiger partial charge in [0.25, 0.3) is 10.0 Å². The molecule has 0 saturated heterocycles. The predicted octanol–water partition coefficient (Wildman–Crippen LogP) is 6.98. The molecule has 4 aromatic carbocycles. The first kappa shape index (κ1) is 34.8. The number of likely N-dealkylation sites (N-methyl/N-ethyl adjacent to an activating group) is 1. The van der Waals surface area contributed by atoms with Crippen molar-refractivity contribution in [2.24, 2.45) is 0 Å². The van der Waals surface area contributed by atoms with Crippen LogP contribution in [0.4, 0.5) is 18.9 Å². The summed E-state index contributed by atoms with van der Waals surface area (Å²) in [5.41, 5.74) is -0.447. The molecule has 4 aromatic rings. The Morgan fingerprint density at radius 3 is 2.09 bits per heavy atom. The molecule has 46 heavy (non-hydrogen) atoms. The van der Waals surface area contributed by atoms with Crippen LogP contribution in [0.3, 0.4) is 0 Å². The number of sulfonamides is 1. The number of carbonyl (C=O) groups excluding carboxylic acids is 2. The Bertz CT molecular complexity index is 1780. The Labute approximate surface area is 275 Å². The van der Waals surface area contributed by atoms with Crippen LogP contribution in [0.25, 0.3) is 0 Å². The lowest BCUT2D eigenvalue weighted by Crippen LogP contribution is -2.53. The fourth-order valence-electron chi connectivity index (χ4n) is 4.79. The van der Waals surface area contributed by atoms with Gasteiger partial charge in [-0.3, -0.25) is 13.9 Å². The van der Waals surface area contributed by atoms with Crippen LogP contribution in [0.1, 0.15) is 23.6 Å². The highest BCUT2D eigenvalue weighted by molar-refractivity contribution is 7.92. The second-order valence-corrected chi connectivity index (χ2v) is 12.9. The minimum atomic E-state index is -4.83. The van der Waals surface area contributed by atoms with Gasteiger partial charge in [-0.05, 0) is 60.5 Å². The molecule has 0 spiro atoms. The zero-order chi connectivity index (χ0) is 33.5. The molecule has 0 fully saturated rings. The van der Waals surface area contributed by atoms with Gasteiger partial charge in [0.15, 0.2) is 0 Å². The van der Waals surface area contributed by atoms with E-state index >= 15 is 0 Å². The number of halogens is 5. The molecule has 4 rings (SSSR count). The summed E-state index contributed by atoms with van der Waals surface area (Å²) in [7, 11) is -4.65. The molecular formula is C33H30Cl2F3N3O4S. The summed E-state index contributed by atoms with van der Waals surface area (Å²) >= 11 is 12.5. The van der Waals surface area contributed by atoms with Gasteiger partial charge in [0.2, 0.25) is 11.8 Å². The van der Waals surface area contributed by atoms with Crippen molar-refractivity contribution in [1.82, 2.24) is 10.2 Å². The summed E-state index contributed by atoms with van der Waals surface area (Å²) in [6.45, 7) is 0.829. The largest absolute Gasteiger partial charge is 0.416 e. The second kappa shape index (κ2) is 15.0. The van der Waals surface area contributed by atoms with Gasteiger partial charge in [-0.2, -0.15) is 13.2 Å². The van der Waals surface area contributed by atoms with Crippen molar-refractivity contribution in [3.05, 3.63) is 130 Å². The van der Waals surface area contributed by atoms with Gasteiger partial charge in [-0.15, -0.1) is 0 Å². The van der Waals surface area contributed by atoms with E-state index in [2.05, 4.69) is 5.32 Å². The van der Waals surface area contributed by atoms with E-state index in [1.165, 1.54) is 29.2 Å². The van der Waals surface area contributed by atoms with Crippen LogP contribution in [0.15, 0.2) is 108 Å². The van der Waals surface area contributed by atoms with E-state index in [1.807, 2.05) is 0 Å². The maximum absolute atomic E-state index is 14.4. The SMILES string of the molecule is CCNC(=O)[C@H](Cc1ccccc1)N(Cc1cccc(Cl)c1)C(=O)CN(c1cc(C(F)(F)F)ccc1Cl)S(=O)(=O)c1ccccc1. The summed E-state index contributed by atoms with van der Waals surface area (Å²) in [5, 5.41) is 2.78. The quantitative estimate of drug-likeness (QED) is 0.174. The molecule has 0 bridgehead atoms. The number of benzene rings is 4. The third-order valence-electron chi connectivity index (χ3n) is 7.02. The van der Waals surface area contributed by atoms with Gasteiger partial charge in [0.1, 0.15) is 12.6 Å². The average molecular weight is 693 g/mol. The molecule has 0 aliphatic heterocycles. The molecule has 0 radical (unpaired) electrons. The average Bonchev–Trinajstić information content (AvgIpc) is 3.02. The van der Waals surface area contributed by atoms with Crippen LogP contribution in [0.2, 0.25) is 10.0 Å². The highest BCUT2D eigenvalue weighted by Gasteiger charge is 2.37. The van der Waals surface area contributed by atoms with E-state index in [-0.39, 0.29) is 29.4 Å². The maximum atomic E-state index is 14.4. The van der Waals surface area contributed by atoms with Gasteiger partial charge in [0, 0.05) is 24.5 Å². The smallest absolute Gasteiger partial charge is 0.355 e. The summed E-state index contributed by atoms with van der Waals surface area (Å²) in [5.74, 6) is -1.36. The van der Waals surface area contributed by atoms with Gasteiger partial charge in [-0.1, -0.05) is 83.9 Å². The molecular weight excluding hydrogens is 662 g/mol. The Morgan fingerprint density at radius 1 is 0.848 bits per heavy atom. The van der Waals surface area contributed by atoms with Crippen molar-refractivity contribution in [3.8, 4) is 0 Å². The molecule has 0 aliphatic rings. The van der Waals surface area contributed by atoms with E-state index in [1.54, 1.807) is 67.6 Å². The number of hydrogen-bond donors (Lipinski definition) is 1. The molecule has 2 amide bonds. The number of alkyl halides is 3. The van der Waals surface area contributed by atoms with E-state index < -0.39 is 51.9 Å². The highest BCUT2D eigenvalue weighted by Crippen LogP contribution is 2.37. The summed E-state index contributed by atoms with van der Waals surface area (Å²) in [4.78, 5) is 28.8. The maximum Gasteiger partial charge on any atom is 0.416 e. The van der Waals surface area contributed by atoms with Gasteiger partial charge in [0.05, 0.1) is 21.2 Å². The van der Waals surface area contributed by atoms with E-state index in [0.717, 1.165) is 17.7 Å². The molecule has 1 N–H and O–H groups in total. The van der Waals surface area contributed by atoms with Crippen LogP contribution < -0.4 is 9.62 Å². The van der Waals surface area contributed by atoms with E-state index in [4.69, 9.17) is 23.2 Å². The Balaban J connectivity index is 1.86. The topological polar surface area (TPSA) is 86.8 Å². The highest BCUT2D eigenvalue weighted by atomic mass is 35.5. The first-order valence-corrected chi connectivity index (χ1v) is 16.3. The van der Waals surface area contributed by atoms with Crippen molar-refractivity contribution < 1.29 is 31.2 Å². The summed E-state index contributed by atoms with van der Waals surface area (Å²) in [6, 6.07) is 23.5. The molecule has 0 unspecified atom stereocenters. The van der Waals surface area contributed by atoms with Crippen LogP contribution in [0, 0.1) is 0 Å². The fourth-order valence-corrected chi connectivity index (χ4v) is 6.72. The predicted molar refractivity (Wildman–Crippen MR) is 172 cm³/mol. The normalized spacial score (nSPS) is 12.3. The molecule has 1 atom stereocenters. The fraction of sp³-hybridized carbons (Fsp3) is 0.212. The van der Waals surface area contributed by atoms with Crippen LogP contribution in [-0.2, 0) is 38.8 Å². The van der Waals surface area contributed by atoms with Crippen LogP contribution in [0.5, 0.6) is 0 Å². The van der Waals surface area contributed by atoms with Crippen molar-refractivity contribution in [2.75, 3.05) is 17.4 Å². The lowest BCUT2D eigenvalue weighted by atomic mass is 10.0. The number of anilines is 1. The zero-order valence-corrected chi connectivity index (χ0v) is 26.9. The molecule has 0 aromatic heterocycles. The Kier molecular flexibility index (Phi) is 11.4. The van der Waals surface area contributed by atoms with Crippen molar-refractivity contribution in [2.45, 2.75) is 37.0 Å². The van der Waals surface area contributed by atoms with Gasteiger partial charge in [-0.25, -0.2) is 8.42 Å². The van der Waals surface area contributed by atoms with Crippen LogP contribution >= 0.6 is 23.2 Å².